The Hall–Kier alpha value is -2.55. The highest BCUT2D eigenvalue weighted by atomic mass is 35.5. The standard InChI is InChI=1S/C22H29ClFN3O5/c1-22(2,3)32-21(31)26-8-6-16(20(29)30)18(12-26)27-7-4-5-17(19(27)28)25-15-10-13(23)9-14(24)11-15/h9-11,16-18,25H,4-8,12H2,1-3H3,(H,29,30). The summed E-state index contributed by atoms with van der Waals surface area (Å²) >= 11 is 5.91. The molecule has 0 bridgehead atoms. The van der Waals surface area contributed by atoms with Gasteiger partial charge in [0.15, 0.2) is 0 Å². The predicted molar refractivity (Wildman–Crippen MR) is 117 cm³/mol. The number of carboxylic acids is 1. The number of benzene rings is 1. The smallest absolute Gasteiger partial charge is 0.410 e. The second-order valence-corrected chi connectivity index (χ2v) is 9.69. The van der Waals surface area contributed by atoms with Crippen molar-refractivity contribution in [2.75, 3.05) is 25.0 Å². The lowest BCUT2D eigenvalue weighted by Crippen LogP contribution is -2.61. The van der Waals surface area contributed by atoms with Crippen molar-refractivity contribution in [3.63, 3.8) is 0 Å². The molecule has 3 atom stereocenters. The average Bonchev–Trinajstić information content (AvgIpc) is 2.67. The van der Waals surface area contributed by atoms with Crippen molar-refractivity contribution < 1.29 is 28.6 Å². The quantitative estimate of drug-likeness (QED) is 0.699. The van der Waals surface area contributed by atoms with Crippen LogP contribution in [0.5, 0.6) is 0 Å². The molecule has 2 heterocycles. The molecule has 8 nitrogen and oxygen atoms in total. The van der Waals surface area contributed by atoms with Crippen molar-refractivity contribution in [1.29, 1.82) is 0 Å². The monoisotopic (exact) mass is 469 g/mol. The Morgan fingerprint density at radius 3 is 2.56 bits per heavy atom. The van der Waals surface area contributed by atoms with Crippen molar-refractivity contribution in [2.24, 2.45) is 5.92 Å². The van der Waals surface area contributed by atoms with Gasteiger partial charge in [-0.05, 0) is 58.2 Å². The van der Waals surface area contributed by atoms with Crippen LogP contribution in [-0.4, -0.2) is 70.2 Å². The van der Waals surface area contributed by atoms with E-state index in [2.05, 4.69) is 5.32 Å². The molecule has 176 valence electrons. The number of nitrogens with one attached hydrogen (secondary N) is 1. The molecule has 3 rings (SSSR count). The fraction of sp³-hybridized carbons (Fsp3) is 0.591. The third kappa shape index (κ3) is 5.82. The number of rotatable bonds is 4. The number of aliphatic carboxylic acids is 1. The first kappa shape index (κ1) is 24.1. The minimum absolute atomic E-state index is 0.0795. The molecule has 0 aromatic heterocycles. The number of amides is 2. The van der Waals surface area contributed by atoms with Crippen LogP contribution in [-0.2, 0) is 14.3 Å². The van der Waals surface area contributed by atoms with Gasteiger partial charge in [0.05, 0.1) is 12.0 Å². The van der Waals surface area contributed by atoms with Crippen LogP contribution in [0.4, 0.5) is 14.9 Å². The van der Waals surface area contributed by atoms with Crippen LogP contribution >= 0.6 is 11.6 Å². The fourth-order valence-electron chi connectivity index (χ4n) is 4.23. The van der Waals surface area contributed by atoms with Crippen LogP contribution in [0.25, 0.3) is 0 Å². The van der Waals surface area contributed by atoms with E-state index in [0.29, 0.717) is 25.1 Å². The highest BCUT2D eigenvalue weighted by Crippen LogP contribution is 2.29. The Labute approximate surface area is 191 Å². The first-order valence-electron chi connectivity index (χ1n) is 10.7. The van der Waals surface area contributed by atoms with Crippen molar-refractivity contribution in [3.05, 3.63) is 29.0 Å². The zero-order valence-corrected chi connectivity index (χ0v) is 19.2. The van der Waals surface area contributed by atoms with Crippen LogP contribution in [0.2, 0.25) is 5.02 Å². The maximum Gasteiger partial charge on any atom is 0.410 e. The number of hydrogen-bond acceptors (Lipinski definition) is 5. The molecule has 0 saturated carbocycles. The number of carbonyl (C=O) groups excluding carboxylic acids is 2. The van der Waals surface area contributed by atoms with Gasteiger partial charge in [0.1, 0.15) is 17.5 Å². The van der Waals surface area contributed by atoms with Crippen molar-refractivity contribution in [1.82, 2.24) is 9.80 Å². The number of piperidine rings is 2. The van der Waals surface area contributed by atoms with E-state index >= 15 is 0 Å². The first-order chi connectivity index (χ1) is 14.9. The van der Waals surface area contributed by atoms with Crippen LogP contribution < -0.4 is 5.32 Å². The number of carboxylic acid groups (broad SMARTS) is 1. The lowest BCUT2D eigenvalue weighted by atomic mass is 9.88. The minimum Gasteiger partial charge on any atom is -0.481 e. The minimum atomic E-state index is -1.00. The van der Waals surface area contributed by atoms with Gasteiger partial charge in [0.25, 0.3) is 0 Å². The average molecular weight is 470 g/mol. The molecule has 1 aromatic rings. The normalized spacial score (nSPS) is 24.3. The summed E-state index contributed by atoms with van der Waals surface area (Å²) in [6, 6.07) is 2.63. The topological polar surface area (TPSA) is 99.2 Å². The molecule has 1 aromatic carbocycles. The van der Waals surface area contributed by atoms with Gasteiger partial charge < -0.3 is 25.0 Å². The molecule has 3 unspecified atom stereocenters. The molecule has 0 aliphatic carbocycles. The Morgan fingerprint density at radius 2 is 1.94 bits per heavy atom. The highest BCUT2D eigenvalue weighted by Gasteiger charge is 2.44. The van der Waals surface area contributed by atoms with Gasteiger partial charge in [-0.1, -0.05) is 11.6 Å². The summed E-state index contributed by atoms with van der Waals surface area (Å²) in [6.45, 7) is 5.99. The molecule has 10 heteroatoms. The number of likely N-dealkylation sites (tertiary alicyclic amines) is 2. The van der Waals surface area contributed by atoms with E-state index in [1.807, 2.05) is 0 Å². The van der Waals surface area contributed by atoms with Crippen molar-refractivity contribution in [3.8, 4) is 0 Å². The molecule has 2 aliphatic rings. The molecule has 0 spiro atoms. The van der Waals surface area contributed by atoms with E-state index in [-0.39, 0.29) is 30.4 Å². The Morgan fingerprint density at radius 1 is 1.22 bits per heavy atom. The van der Waals surface area contributed by atoms with E-state index in [9.17, 15) is 23.9 Å². The molecule has 32 heavy (non-hydrogen) atoms. The molecule has 2 aliphatic heterocycles. The van der Waals surface area contributed by atoms with Gasteiger partial charge in [-0.25, -0.2) is 9.18 Å². The maximum absolute atomic E-state index is 13.7. The third-order valence-electron chi connectivity index (χ3n) is 5.63. The molecule has 2 fully saturated rings. The largest absolute Gasteiger partial charge is 0.481 e. The number of carbonyl (C=O) groups is 3. The van der Waals surface area contributed by atoms with Gasteiger partial charge >= 0.3 is 12.1 Å². The van der Waals surface area contributed by atoms with Crippen LogP contribution in [0.1, 0.15) is 40.0 Å². The summed E-state index contributed by atoms with van der Waals surface area (Å²) < 4.78 is 19.1. The predicted octanol–water partition coefficient (Wildman–Crippen LogP) is 3.59. The van der Waals surface area contributed by atoms with Gasteiger partial charge in [-0.15, -0.1) is 0 Å². The number of hydrogen-bond donors (Lipinski definition) is 2. The number of ether oxygens (including phenoxy) is 1. The molecule has 2 amide bonds. The van der Waals surface area contributed by atoms with Gasteiger partial charge in [-0.3, -0.25) is 9.59 Å². The summed E-state index contributed by atoms with van der Waals surface area (Å²) in [7, 11) is 0. The summed E-state index contributed by atoms with van der Waals surface area (Å²) in [5, 5.41) is 13.0. The fourth-order valence-corrected chi connectivity index (χ4v) is 4.45. The molecule has 2 saturated heterocycles. The Kier molecular flexibility index (Phi) is 7.17. The van der Waals surface area contributed by atoms with E-state index in [1.165, 1.54) is 28.0 Å². The van der Waals surface area contributed by atoms with Gasteiger partial charge in [0, 0.05) is 30.3 Å². The van der Waals surface area contributed by atoms with Gasteiger partial charge in [-0.2, -0.15) is 0 Å². The van der Waals surface area contributed by atoms with E-state index < -0.39 is 41.5 Å². The lowest BCUT2D eigenvalue weighted by molar-refractivity contribution is -0.151. The summed E-state index contributed by atoms with van der Waals surface area (Å²) in [4.78, 5) is 40.8. The zero-order chi connectivity index (χ0) is 23.6. The second-order valence-electron chi connectivity index (χ2n) is 9.26. The highest BCUT2D eigenvalue weighted by molar-refractivity contribution is 6.30. The molecular formula is C22H29ClFN3O5. The van der Waals surface area contributed by atoms with E-state index in [0.717, 1.165) is 0 Å². The van der Waals surface area contributed by atoms with Crippen molar-refractivity contribution >= 4 is 35.3 Å². The number of halogens is 2. The second kappa shape index (κ2) is 9.52. The summed E-state index contributed by atoms with van der Waals surface area (Å²) in [6.07, 6.45) is 0.853. The van der Waals surface area contributed by atoms with Gasteiger partial charge in [0.2, 0.25) is 5.91 Å². The van der Waals surface area contributed by atoms with Crippen LogP contribution in [0.3, 0.4) is 0 Å². The van der Waals surface area contributed by atoms with E-state index in [4.69, 9.17) is 16.3 Å². The molecule has 0 radical (unpaired) electrons. The first-order valence-corrected chi connectivity index (χ1v) is 11.1. The maximum atomic E-state index is 13.7. The SMILES string of the molecule is CC(C)(C)OC(=O)N1CCC(C(=O)O)C(N2CCCC(Nc3cc(F)cc(Cl)c3)C2=O)C1. The van der Waals surface area contributed by atoms with Crippen LogP contribution in [0.15, 0.2) is 18.2 Å². The van der Waals surface area contributed by atoms with Crippen LogP contribution in [0, 0.1) is 11.7 Å². The lowest BCUT2D eigenvalue weighted by Gasteiger charge is -2.45. The Balaban J connectivity index is 1.77. The van der Waals surface area contributed by atoms with E-state index in [1.54, 1.807) is 20.8 Å². The third-order valence-corrected chi connectivity index (χ3v) is 5.85. The zero-order valence-electron chi connectivity index (χ0n) is 18.4. The molecular weight excluding hydrogens is 441 g/mol. The summed E-state index contributed by atoms with van der Waals surface area (Å²) in [5.41, 5.74) is -0.303. The summed E-state index contributed by atoms with van der Waals surface area (Å²) in [5.74, 6) is -2.59. The molecule has 2 N–H and O–H groups in total. The van der Waals surface area contributed by atoms with Crippen molar-refractivity contribution in [2.45, 2.75) is 57.7 Å². The number of nitrogens with zero attached hydrogens (tertiary/aromatic N) is 2. The number of anilines is 1. The Bertz CT molecular complexity index is 871.